The maximum atomic E-state index is 12.7. The highest BCUT2D eigenvalue weighted by molar-refractivity contribution is 7.87. The molecule has 26 heavy (non-hydrogen) atoms. The molecule has 0 saturated carbocycles. The average molecular weight is 394 g/mol. The van der Waals surface area contributed by atoms with Crippen molar-refractivity contribution in [2.24, 2.45) is 0 Å². The Bertz CT molecular complexity index is 900. The standard InChI is InChI=1S/C18H20ClN3O3S/c1-14-6-8-16(9-7-14)20-18(23)13-22-11-10-21(26(22,24)25)12-15-4-2-3-5-17(15)19/h2-9H,10-13H2,1H3,(H,20,23). The number of amides is 1. The zero-order valence-electron chi connectivity index (χ0n) is 14.4. The number of hydrogen-bond acceptors (Lipinski definition) is 3. The Labute approximate surface area is 158 Å². The summed E-state index contributed by atoms with van der Waals surface area (Å²) in [6, 6.07) is 14.5. The fraction of sp³-hybridized carbons (Fsp3) is 0.278. The molecule has 6 nitrogen and oxygen atoms in total. The number of nitrogens with one attached hydrogen (secondary N) is 1. The molecular formula is C18H20ClN3O3S. The Morgan fingerprint density at radius 1 is 1.08 bits per heavy atom. The van der Waals surface area contributed by atoms with Crippen molar-refractivity contribution in [3.8, 4) is 0 Å². The summed E-state index contributed by atoms with van der Waals surface area (Å²) in [6.07, 6.45) is 0. The second-order valence-electron chi connectivity index (χ2n) is 6.18. The first-order valence-electron chi connectivity index (χ1n) is 8.21. The third-order valence-electron chi connectivity index (χ3n) is 4.21. The molecule has 1 saturated heterocycles. The van der Waals surface area contributed by atoms with Gasteiger partial charge >= 0.3 is 0 Å². The van der Waals surface area contributed by atoms with Crippen molar-refractivity contribution >= 4 is 33.4 Å². The van der Waals surface area contributed by atoms with Crippen LogP contribution < -0.4 is 5.32 Å². The summed E-state index contributed by atoms with van der Waals surface area (Å²) in [4.78, 5) is 12.2. The minimum Gasteiger partial charge on any atom is -0.325 e. The lowest BCUT2D eigenvalue weighted by atomic mass is 10.2. The van der Waals surface area contributed by atoms with Crippen molar-refractivity contribution in [2.45, 2.75) is 13.5 Å². The minimum absolute atomic E-state index is 0.193. The molecular weight excluding hydrogens is 374 g/mol. The van der Waals surface area contributed by atoms with Crippen LogP contribution in [0.3, 0.4) is 0 Å². The number of hydrogen-bond donors (Lipinski definition) is 1. The van der Waals surface area contributed by atoms with E-state index in [4.69, 9.17) is 11.6 Å². The largest absolute Gasteiger partial charge is 0.325 e. The summed E-state index contributed by atoms with van der Waals surface area (Å²) in [5.41, 5.74) is 2.47. The normalized spacial score (nSPS) is 17.3. The third kappa shape index (κ3) is 4.24. The van der Waals surface area contributed by atoms with Gasteiger partial charge in [0, 0.05) is 30.3 Å². The molecule has 8 heteroatoms. The fourth-order valence-corrected chi connectivity index (χ4v) is 4.48. The van der Waals surface area contributed by atoms with Crippen molar-refractivity contribution in [1.82, 2.24) is 8.61 Å². The highest BCUT2D eigenvalue weighted by Crippen LogP contribution is 2.23. The van der Waals surface area contributed by atoms with E-state index in [9.17, 15) is 13.2 Å². The van der Waals surface area contributed by atoms with Gasteiger partial charge in [-0.2, -0.15) is 17.0 Å². The summed E-state index contributed by atoms with van der Waals surface area (Å²) >= 11 is 6.12. The minimum atomic E-state index is -3.69. The second kappa shape index (κ2) is 7.75. The van der Waals surface area contributed by atoms with Crippen LogP contribution in [0.25, 0.3) is 0 Å². The van der Waals surface area contributed by atoms with Gasteiger partial charge in [0.2, 0.25) is 5.91 Å². The van der Waals surface area contributed by atoms with Gasteiger partial charge in [-0.25, -0.2) is 0 Å². The molecule has 1 fully saturated rings. The number of carbonyl (C=O) groups is 1. The van der Waals surface area contributed by atoms with Crippen molar-refractivity contribution in [2.75, 3.05) is 25.0 Å². The van der Waals surface area contributed by atoms with Crippen LogP contribution in [0.2, 0.25) is 5.02 Å². The molecule has 0 atom stereocenters. The Balaban J connectivity index is 1.63. The molecule has 0 aliphatic carbocycles. The Morgan fingerprint density at radius 3 is 2.42 bits per heavy atom. The van der Waals surface area contributed by atoms with Crippen LogP contribution in [0.4, 0.5) is 5.69 Å². The maximum absolute atomic E-state index is 12.7. The van der Waals surface area contributed by atoms with E-state index in [1.807, 2.05) is 25.1 Å². The van der Waals surface area contributed by atoms with E-state index in [-0.39, 0.29) is 25.5 Å². The molecule has 1 N–H and O–H groups in total. The Kier molecular flexibility index (Phi) is 5.62. The van der Waals surface area contributed by atoms with Gasteiger partial charge in [0.25, 0.3) is 10.2 Å². The van der Waals surface area contributed by atoms with E-state index in [0.29, 0.717) is 17.3 Å². The number of benzene rings is 2. The van der Waals surface area contributed by atoms with Crippen LogP contribution >= 0.6 is 11.6 Å². The summed E-state index contributed by atoms with van der Waals surface area (Å²) < 4.78 is 27.9. The molecule has 3 rings (SSSR count). The quantitative estimate of drug-likeness (QED) is 0.848. The number of halogens is 1. The molecule has 0 aromatic heterocycles. The molecule has 0 radical (unpaired) electrons. The van der Waals surface area contributed by atoms with Crippen molar-refractivity contribution in [3.05, 3.63) is 64.7 Å². The number of anilines is 1. The summed E-state index contributed by atoms with van der Waals surface area (Å²) in [5, 5.41) is 3.25. The second-order valence-corrected chi connectivity index (χ2v) is 8.52. The molecule has 1 amide bonds. The van der Waals surface area contributed by atoms with E-state index < -0.39 is 10.2 Å². The smallest absolute Gasteiger partial charge is 0.282 e. The van der Waals surface area contributed by atoms with Gasteiger partial charge in [0.15, 0.2) is 0 Å². The first-order chi connectivity index (χ1) is 12.4. The number of aryl methyl sites for hydroxylation is 1. The highest BCUT2D eigenvalue weighted by atomic mass is 35.5. The molecule has 1 aliphatic heterocycles. The number of nitrogens with zero attached hydrogens (tertiary/aromatic N) is 2. The fourth-order valence-electron chi connectivity index (χ4n) is 2.75. The van der Waals surface area contributed by atoms with E-state index in [1.54, 1.807) is 30.3 Å². The average Bonchev–Trinajstić information content (AvgIpc) is 2.86. The predicted molar refractivity (Wildman–Crippen MR) is 102 cm³/mol. The lowest BCUT2D eigenvalue weighted by Crippen LogP contribution is -2.37. The molecule has 138 valence electrons. The predicted octanol–water partition coefficient (Wildman–Crippen LogP) is 2.65. The molecule has 1 heterocycles. The first kappa shape index (κ1) is 18.8. The van der Waals surface area contributed by atoms with Crippen LogP contribution in [0.1, 0.15) is 11.1 Å². The summed E-state index contributed by atoms with van der Waals surface area (Å²) in [6.45, 7) is 2.53. The van der Waals surface area contributed by atoms with Gasteiger partial charge in [-0.15, -0.1) is 0 Å². The van der Waals surface area contributed by atoms with Gasteiger partial charge in [0.05, 0.1) is 6.54 Å². The zero-order chi connectivity index (χ0) is 18.7. The highest BCUT2D eigenvalue weighted by Gasteiger charge is 2.37. The van der Waals surface area contributed by atoms with Crippen molar-refractivity contribution in [1.29, 1.82) is 0 Å². The van der Waals surface area contributed by atoms with E-state index >= 15 is 0 Å². The maximum Gasteiger partial charge on any atom is 0.282 e. The Hall–Kier alpha value is -1.93. The lowest BCUT2D eigenvalue weighted by Gasteiger charge is -2.19. The first-order valence-corrected chi connectivity index (χ1v) is 9.99. The number of carbonyl (C=O) groups excluding carboxylic acids is 1. The molecule has 0 bridgehead atoms. The molecule has 1 aliphatic rings. The topological polar surface area (TPSA) is 69.7 Å². The van der Waals surface area contributed by atoms with Gasteiger partial charge in [-0.1, -0.05) is 47.5 Å². The lowest BCUT2D eigenvalue weighted by molar-refractivity contribution is -0.116. The summed E-state index contributed by atoms with van der Waals surface area (Å²) in [7, 11) is -3.69. The van der Waals surface area contributed by atoms with Crippen molar-refractivity contribution in [3.63, 3.8) is 0 Å². The van der Waals surface area contributed by atoms with Crippen LogP contribution in [0, 0.1) is 6.92 Å². The molecule has 0 unspecified atom stereocenters. The van der Waals surface area contributed by atoms with E-state index in [2.05, 4.69) is 5.32 Å². The van der Waals surface area contributed by atoms with Gasteiger partial charge < -0.3 is 5.32 Å². The zero-order valence-corrected chi connectivity index (χ0v) is 15.9. The van der Waals surface area contributed by atoms with Crippen LogP contribution in [0.5, 0.6) is 0 Å². The van der Waals surface area contributed by atoms with Crippen LogP contribution in [-0.4, -0.2) is 42.6 Å². The van der Waals surface area contributed by atoms with Crippen LogP contribution in [-0.2, 0) is 21.5 Å². The van der Waals surface area contributed by atoms with Gasteiger partial charge in [-0.3, -0.25) is 4.79 Å². The third-order valence-corrected chi connectivity index (χ3v) is 6.51. The molecule has 2 aromatic carbocycles. The SMILES string of the molecule is Cc1ccc(NC(=O)CN2CCN(Cc3ccccc3Cl)S2(=O)=O)cc1. The molecule has 0 spiro atoms. The van der Waals surface area contributed by atoms with Crippen molar-refractivity contribution < 1.29 is 13.2 Å². The number of rotatable bonds is 5. The Morgan fingerprint density at radius 2 is 1.73 bits per heavy atom. The summed E-state index contributed by atoms with van der Waals surface area (Å²) in [5.74, 6) is -0.364. The molecule has 2 aromatic rings. The van der Waals surface area contributed by atoms with Gasteiger partial charge in [0.1, 0.15) is 0 Å². The van der Waals surface area contributed by atoms with Crippen LogP contribution in [0.15, 0.2) is 48.5 Å². The van der Waals surface area contributed by atoms with E-state index in [0.717, 1.165) is 11.1 Å². The monoisotopic (exact) mass is 393 g/mol. The van der Waals surface area contributed by atoms with E-state index in [1.165, 1.54) is 8.61 Å². The van der Waals surface area contributed by atoms with Gasteiger partial charge in [-0.05, 0) is 30.7 Å².